The first-order chi connectivity index (χ1) is 9.90. The molecule has 0 spiro atoms. The molecule has 0 saturated carbocycles. The molecule has 2 N–H and O–H groups in total. The molecule has 108 valence electrons. The van der Waals surface area contributed by atoms with E-state index in [1.54, 1.807) is 31.3 Å². The average molecular weight is 414 g/mol. The van der Waals surface area contributed by atoms with Crippen LogP contribution in [0.2, 0.25) is 0 Å². The first kappa shape index (κ1) is 15.8. The molecule has 0 saturated heterocycles. The van der Waals surface area contributed by atoms with Gasteiger partial charge in [-0.05, 0) is 65.1 Å². The predicted octanol–water partition coefficient (Wildman–Crippen LogP) is 3.34. The summed E-state index contributed by atoms with van der Waals surface area (Å²) in [7, 11) is 1.66. The molecule has 0 fully saturated rings. The first-order valence-electron chi connectivity index (χ1n) is 6.03. The number of hydrogen-bond donors (Lipinski definition) is 1. The number of thiocarbonyl (C=S) groups is 1. The lowest BCUT2D eigenvalue weighted by atomic mass is 10.1. The van der Waals surface area contributed by atoms with Gasteiger partial charge in [0.2, 0.25) is 0 Å². The molecule has 0 heterocycles. The van der Waals surface area contributed by atoms with Gasteiger partial charge in [0.15, 0.2) is 0 Å². The summed E-state index contributed by atoms with van der Waals surface area (Å²) < 4.78 is 13.7. The third kappa shape index (κ3) is 3.56. The highest BCUT2D eigenvalue weighted by Crippen LogP contribution is 2.20. The van der Waals surface area contributed by atoms with Crippen LogP contribution in [-0.2, 0) is 0 Å². The molecule has 0 atom stereocenters. The van der Waals surface area contributed by atoms with E-state index in [9.17, 15) is 9.18 Å². The Hall–Kier alpha value is -1.54. The lowest BCUT2D eigenvalue weighted by Crippen LogP contribution is -2.27. The van der Waals surface area contributed by atoms with E-state index in [1.807, 2.05) is 22.6 Å². The van der Waals surface area contributed by atoms with Gasteiger partial charge in [-0.3, -0.25) is 4.79 Å². The van der Waals surface area contributed by atoms with Crippen LogP contribution < -0.4 is 10.6 Å². The van der Waals surface area contributed by atoms with Crippen molar-refractivity contribution in [3.63, 3.8) is 0 Å². The molecule has 2 aromatic rings. The second-order valence-corrected chi connectivity index (χ2v) is 6.00. The van der Waals surface area contributed by atoms with E-state index in [0.717, 1.165) is 5.56 Å². The number of carbonyl (C=O) groups excluding carboxylic acids is 1. The molecular weight excluding hydrogens is 402 g/mol. The topological polar surface area (TPSA) is 46.3 Å². The number of anilines is 1. The zero-order chi connectivity index (χ0) is 15.6. The molecule has 2 aromatic carbocycles. The fourth-order valence-corrected chi connectivity index (χ4v) is 2.65. The molecule has 0 aliphatic heterocycles. The summed E-state index contributed by atoms with van der Waals surface area (Å²) in [5.74, 6) is -0.568. The fraction of sp³-hybridized carbons (Fsp3) is 0.0667. The van der Waals surface area contributed by atoms with E-state index >= 15 is 0 Å². The van der Waals surface area contributed by atoms with Gasteiger partial charge in [-0.1, -0.05) is 12.2 Å². The maximum absolute atomic E-state index is 13.1. The Balaban J connectivity index is 2.28. The van der Waals surface area contributed by atoms with E-state index in [-0.39, 0.29) is 11.7 Å². The number of amides is 1. The quantitative estimate of drug-likeness (QED) is 0.619. The Morgan fingerprint density at radius 1 is 1.24 bits per heavy atom. The predicted molar refractivity (Wildman–Crippen MR) is 94.2 cm³/mol. The van der Waals surface area contributed by atoms with Crippen LogP contribution in [0.15, 0.2) is 42.5 Å². The van der Waals surface area contributed by atoms with Gasteiger partial charge in [-0.25, -0.2) is 4.39 Å². The molecule has 0 radical (unpaired) electrons. The Morgan fingerprint density at radius 3 is 2.38 bits per heavy atom. The molecule has 21 heavy (non-hydrogen) atoms. The van der Waals surface area contributed by atoms with Gasteiger partial charge in [-0.2, -0.15) is 0 Å². The lowest BCUT2D eigenvalue weighted by molar-refractivity contribution is 0.0992. The van der Waals surface area contributed by atoms with E-state index in [1.165, 1.54) is 23.1 Å². The number of rotatable bonds is 3. The van der Waals surface area contributed by atoms with Gasteiger partial charge >= 0.3 is 0 Å². The van der Waals surface area contributed by atoms with Crippen LogP contribution in [0.4, 0.5) is 10.1 Å². The first-order valence-corrected chi connectivity index (χ1v) is 7.52. The normalized spacial score (nSPS) is 10.2. The van der Waals surface area contributed by atoms with Crippen molar-refractivity contribution in [1.29, 1.82) is 0 Å². The van der Waals surface area contributed by atoms with Crippen molar-refractivity contribution < 1.29 is 9.18 Å². The van der Waals surface area contributed by atoms with Crippen LogP contribution in [0.25, 0.3) is 0 Å². The number of carbonyl (C=O) groups is 1. The van der Waals surface area contributed by atoms with Crippen molar-refractivity contribution >= 4 is 51.4 Å². The van der Waals surface area contributed by atoms with Crippen molar-refractivity contribution in [1.82, 2.24) is 0 Å². The molecule has 3 nitrogen and oxygen atoms in total. The zero-order valence-corrected chi connectivity index (χ0v) is 14.1. The average Bonchev–Trinajstić information content (AvgIpc) is 2.46. The Kier molecular flexibility index (Phi) is 4.89. The molecule has 0 aliphatic rings. The molecule has 0 unspecified atom stereocenters. The van der Waals surface area contributed by atoms with Crippen LogP contribution in [-0.4, -0.2) is 17.9 Å². The molecular formula is C15H12FIN2OS. The second kappa shape index (κ2) is 6.48. The summed E-state index contributed by atoms with van der Waals surface area (Å²) in [5.41, 5.74) is 7.45. The lowest BCUT2D eigenvalue weighted by Gasteiger charge is -2.18. The Bertz CT molecular complexity index is 703. The molecule has 1 amide bonds. The highest BCUT2D eigenvalue weighted by molar-refractivity contribution is 14.1. The summed E-state index contributed by atoms with van der Waals surface area (Å²) in [4.78, 5) is 14.3. The summed E-state index contributed by atoms with van der Waals surface area (Å²) in [6, 6.07) is 11.1. The zero-order valence-electron chi connectivity index (χ0n) is 11.1. The van der Waals surface area contributed by atoms with Gasteiger partial charge in [0.1, 0.15) is 10.8 Å². The standard InChI is InChI=1S/C15H12FIN2OS/c1-19(11-5-2-9(3-6-11)14(18)21)15(20)12-7-4-10(16)8-13(12)17/h2-8H,1H3,(H2,18,21). The highest BCUT2D eigenvalue weighted by atomic mass is 127. The molecule has 6 heteroatoms. The monoisotopic (exact) mass is 414 g/mol. The number of halogens is 2. The smallest absolute Gasteiger partial charge is 0.259 e. The molecule has 0 bridgehead atoms. The number of nitrogens with two attached hydrogens (primary N) is 1. The van der Waals surface area contributed by atoms with E-state index in [0.29, 0.717) is 19.8 Å². The molecule has 2 rings (SSSR count). The van der Waals surface area contributed by atoms with Gasteiger partial charge in [0.05, 0.1) is 5.56 Å². The van der Waals surface area contributed by atoms with Crippen molar-refractivity contribution in [3.05, 3.63) is 63.0 Å². The van der Waals surface area contributed by atoms with Crippen LogP contribution >= 0.6 is 34.8 Å². The van der Waals surface area contributed by atoms with Crippen molar-refractivity contribution in [2.75, 3.05) is 11.9 Å². The fourth-order valence-electron chi connectivity index (χ4n) is 1.81. The molecule has 0 aliphatic carbocycles. The van der Waals surface area contributed by atoms with Crippen LogP contribution in [0.5, 0.6) is 0 Å². The number of benzene rings is 2. The highest BCUT2D eigenvalue weighted by Gasteiger charge is 2.16. The van der Waals surface area contributed by atoms with Crippen LogP contribution in [0.1, 0.15) is 15.9 Å². The van der Waals surface area contributed by atoms with Crippen LogP contribution in [0, 0.1) is 9.39 Å². The summed E-state index contributed by atoms with van der Waals surface area (Å²) in [6.45, 7) is 0. The molecule has 0 aromatic heterocycles. The second-order valence-electron chi connectivity index (χ2n) is 4.40. The van der Waals surface area contributed by atoms with Crippen molar-refractivity contribution in [2.24, 2.45) is 5.73 Å². The minimum absolute atomic E-state index is 0.206. The van der Waals surface area contributed by atoms with Gasteiger partial charge in [0, 0.05) is 21.9 Å². The largest absolute Gasteiger partial charge is 0.389 e. The van der Waals surface area contributed by atoms with Crippen LogP contribution in [0.3, 0.4) is 0 Å². The van der Waals surface area contributed by atoms with Gasteiger partial charge < -0.3 is 10.6 Å². The number of hydrogen-bond acceptors (Lipinski definition) is 2. The van der Waals surface area contributed by atoms with E-state index in [2.05, 4.69) is 0 Å². The van der Waals surface area contributed by atoms with Crippen molar-refractivity contribution in [3.8, 4) is 0 Å². The third-order valence-corrected chi connectivity index (χ3v) is 4.13. The third-order valence-electron chi connectivity index (χ3n) is 3.01. The summed E-state index contributed by atoms with van der Waals surface area (Å²) >= 11 is 6.84. The van der Waals surface area contributed by atoms with E-state index < -0.39 is 0 Å². The van der Waals surface area contributed by atoms with E-state index in [4.69, 9.17) is 18.0 Å². The maximum atomic E-state index is 13.1. The van der Waals surface area contributed by atoms with Gasteiger partial charge in [0.25, 0.3) is 5.91 Å². The minimum Gasteiger partial charge on any atom is -0.389 e. The number of nitrogens with zero attached hydrogens (tertiary/aromatic N) is 1. The van der Waals surface area contributed by atoms with Crippen molar-refractivity contribution in [2.45, 2.75) is 0 Å². The Morgan fingerprint density at radius 2 is 1.86 bits per heavy atom. The maximum Gasteiger partial charge on any atom is 0.259 e. The van der Waals surface area contributed by atoms with Gasteiger partial charge in [-0.15, -0.1) is 0 Å². The Labute approximate surface area is 141 Å². The summed E-state index contributed by atoms with van der Waals surface area (Å²) in [6.07, 6.45) is 0. The summed E-state index contributed by atoms with van der Waals surface area (Å²) in [5, 5.41) is 0. The minimum atomic E-state index is -0.362. The SMILES string of the molecule is CN(C(=O)c1ccc(F)cc1I)c1ccc(C(N)=S)cc1.